The van der Waals surface area contributed by atoms with Gasteiger partial charge in [0, 0.05) is 0 Å². The Morgan fingerprint density at radius 1 is 0.583 bits per heavy atom. The molecule has 0 fully saturated rings. The number of hydrogen-bond acceptors (Lipinski definition) is 0. The van der Waals surface area contributed by atoms with Crippen LogP contribution in [-0.4, -0.2) is 0 Å². The fourth-order valence-corrected chi connectivity index (χ4v) is 0.642. The molecule has 0 spiro atoms. The van der Waals surface area contributed by atoms with Crippen molar-refractivity contribution in [3.8, 4) is 0 Å². The second-order valence-electron chi connectivity index (χ2n) is 1.92. The molecule has 0 aromatic heterocycles. The van der Waals surface area contributed by atoms with E-state index in [2.05, 4.69) is 0 Å². The Morgan fingerprint density at radius 2 is 0.833 bits per heavy atom. The predicted molar refractivity (Wildman–Crippen MR) is 49.4 cm³/mol. The van der Waals surface area contributed by atoms with E-state index in [9.17, 15) is 0 Å². The van der Waals surface area contributed by atoms with Crippen LogP contribution in [0.3, 0.4) is 0 Å². The van der Waals surface area contributed by atoms with Crippen LogP contribution in [0.2, 0.25) is 0 Å². The van der Waals surface area contributed by atoms with Gasteiger partial charge in [0.05, 0.1) is 0 Å². The third-order valence-electron chi connectivity index (χ3n) is 1.11. The Morgan fingerprint density at radius 3 is 0.917 bits per heavy atom. The molecule has 1 nitrogen and oxygen atoms in total. The molecule has 0 saturated carbocycles. The molecule has 0 saturated heterocycles. The summed E-state index contributed by atoms with van der Waals surface area (Å²) < 4.78 is 0. The molecule has 0 aliphatic rings. The van der Waals surface area contributed by atoms with Crippen LogP contribution in [0.4, 0.5) is 0 Å². The minimum absolute atomic E-state index is 0. The third kappa shape index (κ3) is 7.29. The quantitative estimate of drug-likeness (QED) is 0.462. The van der Waals surface area contributed by atoms with E-state index in [1.54, 1.807) is 0 Å². The molecule has 0 unspecified atom stereocenters. The molecular weight excluding hydrogens is 190 g/mol. The standard InChI is InChI=1S/2C5H5.Fe.H2N/c2*1-2-4-5-3-1;;/h2*1-5H;;1H2/q2*-1;+3;-1. The van der Waals surface area contributed by atoms with E-state index in [0.29, 0.717) is 0 Å². The Balaban J connectivity index is 0. The van der Waals surface area contributed by atoms with Gasteiger partial charge in [-0.15, -0.1) is 0 Å². The van der Waals surface area contributed by atoms with Crippen LogP contribution in [0.1, 0.15) is 0 Å². The minimum atomic E-state index is 0. The summed E-state index contributed by atoms with van der Waals surface area (Å²) in [5.74, 6) is 0. The average molecular weight is 202 g/mol. The van der Waals surface area contributed by atoms with Crippen LogP contribution in [0.5, 0.6) is 0 Å². The molecule has 2 heteroatoms. The average Bonchev–Trinajstić information content (AvgIpc) is 2.67. The minimum Gasteiger partial charge on any atom is -0.693 e. The third-order valence-corrected chi connectivity index (χ3v) is 1.11. The van der Waals surface area contributed by atoms with E-state index >= 15 is 0 Å². The van der Waals surface area contributed by atoms with Crippen LogP contribution < -0.4 is 0 Å². The zero-order valence-corrected chi connectivity index (χ0v) is 7.81. The van der Waals surface area contributed by atoms with Crippen molar-refractivity contribution in [2.24, 2.45) is 0 Å². The number of hydrogen-bond donors (Lipinski definition) is 0. The zero-order chi connectivity index (χ0) is 7.07. The van der Waals surface area contributed by atoms with Crippen LogP contribution in [-0.2, 0) is 17.1 Å². The molecule has 65 valence electrons. The molecule has 0 bridgehead atoms. The molecule has 0 amide bonds. The summed E-state index contributed by atoms with van der Waals surface area (Å²) >= 11 is 0. The number of rotatable bonds is 0. The van der Waals surface area contributed by atoms with Crippen molar-refractivity contribution in [2.75, 3.05) is 0 Å². The maximum absolute atomic E-state index is 2.00. The van der Waals surface area contributed by atoms with Crippen molar-refractivity contribution < 1.29 is 17.1 Å². The molecule has 2 rings (SSSR count). The Hall–Kier alpha value is -0.821. The molecular formula is C10H12FeN. The predicted octanol–water partition coefficient (Wildman–Crippen LogP) is 3.53. The van der Waals surface area contributed by atoms with Gasteiger partial charge >= 0.3 is 17.1 Å². The van der Waals surface area contributed by atoms with E-state index in [0.717, 1.165) is 0 Å². The van der Waals surface area contributed by atoms with Gasteiger partial charge in [0.2, 0.25) is 0 Å². The molecule has 1 radical (unpaired) electrons. The fourth-order valence-electron chi connectivity index (χ4n) is 0.642. The SMILES string of the molecule is [Fe+3].[NH2-].c1cc[cH-]c1.c1cc[cH-]c1. The van der Waals surface area contributed by atoms with E-state index in [1.807, 2.05) is 60.7 Å². The second-order valence-corrected chi connectivity index (χ2v) is 1.92. The van der Waals surface area contributed by atoms with Gasteiger partial charge in [-0.3, -0.25) is 0 Å². The molecule has 0 aliphatic heterocycles. The maximum atomic E-state index is 2.00. The van der Waals surface area contributed by atoms with Crippen molar-refractivity contribution in [1.29, 1.82) is 0 Å². The molecule has 12 heavy (non-hydrogen) atoms. The summed E-state index contributed by atoms with van der Waals surface area (Å²) in [6.07, 6.45) is 0. The summed E-state index contributed by atoms with van der Waals surface area (Å²) in [4.78, 5) is 0. The van der Waals surface area contributed by atoms with E-state index in [4.69, 9.17) is 0 Å². The van der Waals surface area contributed by atoms with Crippen molar-refractivity contribution in [1.82, 2.24) is 0 Å². The first-order chi connectivity index (χ1) is 5.00. The zero-order valence-electron chi connectivity index (χ0n) is 6.70. The molecule has 2 aromatic rings. The van der Waals surface area contributed by atoms with Crippen LogP contribution >= 0.6 is 0 Å². The monoisotopic (exact) mass is 202 g/mol. The van der Waals surface area contributed by atoms with Crippen LogP contribution in [0.25, 0.3) is 6.15 Å². The molecule has 0 heterocycles. The largest absolute Gasteiger partial charge is 3.00 e. The van der Waals surface area contributed by atoms with Gasteiger partial charge in [-0.2, -0.15) is 36.4 Å². The van der Waals surface area contributed by atoms with Crippen LogP contribution in [0.15, 0.2) is 60.7 Å². The van der Waals surface area contributed by atoms with E-state index < -0.39 is 0 Å². The van der Waals surface area contributed by atoms with Gasteiger partial charge < -0.3 is 6.15 Å². The normalized spacial score (nSPS) is 6.67. The fraction of sp³-hybridized carbons (Fsp3) is 0. The van der Waals surface area contributed by atoms with E-state index in [1.165, 1.54) is 0 Å². The first-order valence-corrected chi connectivity index (χ1v) is 3.33. The molecule has 0 aliphatic carbocycles. The van der Waals surface area contributed by atoms with Crippen molar-refractivity contribution in [3.05, 3.63) is 66.8 Å². The van der Waals surface area contributed by atoms with Gasteiger partial charge in [0.25, 0.3) is 0 Å². The Labute approximate surface area is 84.2 Å². The Kier molecular flexibility index (Phi) is 11.7. The first-order valence-electron chi connectivity index (χ1n) is 3.33. The van der Waals surface area contributed by atoms with Gasteiger partial charge in [-0.25, -0.2) is 24.3 Å². The van der Waals surface area contributed by atoms with Crippen molar-refractivity contribution >= 4 is 0 Å². The second kappa shape index (κ2) is 10.2. The van der Waals surface area contributed by atoms with Crippen molar-refractivity contribution in [2.45, 2.75) is 0 Å². The van der Waals surface area contributed by atoms with E-state index in [-0.39, 0.29) is 23.2 Å². The van der Waals surface area contributed by atoms with Gasteiger partial charge in [-0.1, -0.05) is 0 Å². The topological polar surface area (TPSA) is 33.5 Å². The maximum Gasteiger partial charge on any atom is 3.00 e. The van der Waals surface area contributed by atoms with Gasteiger partial charge in [0.15, 0.2) is 0 Å². The summed E-state index contributed by atoms with van der Waals surface area (Å²) in [6, 6.07) is 20.0. The summed E-state index contributed by atoms with van der Waals surface area (Å²) in [5.41, 5.74) is 0. The number of nitrogens with two attached hydrogens (primary N) is 1. The molecule has 0 atom stereocenters. The summed E-state index contributed by atoms with van der Waals surface area (Å²) in [6.45, 7) is 0. The van der Waals surface area contributed by atoms with Gasteiger partial charge in [-0.05, 0) is 0 Å². The molecule has 2 N–H and O–H groups in total. The van der Waals surface area contributed by atoms with Crippen molar-refractivity contribution in [3.63, 3.8) is 0 Å². The van der Waals surface area contributed by atoms with Gasteiger partial charge in [0.1, 0.15) is 0 Å². The summed E-state index contributed by atoms with van der Waals surface area (Å²) in [5, 5.41) is 0. The Bertz CT molecular complexity index is 149. The smallest absolute Gasteiger partial charge is 0.693 e. The first kappa shape index (κ1) is 13.7. The molecule has 2 aromatic carbocycles. The summed E-state index contributed by atoms with van der Waals surface area (Å²) in [7, 11) is 0. The van der Waals surface area contributed by atoms with Crippen LogP contribution in [0, 0.1) is 0 Å².